The minimum Gasteiger partial charge on any atom is -0.344 e. The van der Waals surface area contributed by atoms with Crippen LogP contribution in [0.1, 0.15) is 9.67 Å². The van der Waals surface area contributed by atoms with Crippen LogP contribution in [0.15, 0.2) is 47.9 Å². The van der Waals surface area contributed by atoms with E-state index in [1.165, 1.54) is 36.1 Å². The molecule has 0 unspecified atom stereocenters. The summed E-state index contributed by atoms with van der Waals surface area (Å²) in [4.78, 5) is 20.3. The zero-order valence-electron chi connectivity index (χ0n) is 9.20. The predicted molar refractivity (Wildman–Crippen MR) is 68.0 cm³/mol. The van der Waals surface area contributed by atoms with Crippen LogP contribution >= 0.6 is 11.3 Å². The molecule has 1 N–H and O–H groups in total. The Hall–Kier alpha value is -2.52. The summed E-state index contributed by atoms with van der Waals surface area (Å²) in [6.45, 7) is 0. The Morgan fingerprint density at radius 3 is 3.00 bits per heavy atom. The lowest BCUT2D eigenvalue weighted by Crippen LogP contribution is -2.02. The molecule has 2 rings (SSSR count). The number of thiophene rings is 1. The molecule has 0 radical (unpaired) electrons. The molecule has 2 heterocycles. The minimum absolute atomic E-state index is 0.0307. The largest absolute Gasteiger partial charge is 0.344 e. The van der Waals surface area contributed by atoms with E-state index < -0.39 is 0 Å². The van der Waals surface area contributed by atoms with E-state index in [0.717, 1.165) is 0 Å². The first-order valence-corrected chi connectivity index (χ1v) is 5.90. The number of Topliss-reactive ketones (excluding diaryl/α,β-unsaturated/α-hetero) is 1. The SMILES string of the molecule is N#C/C(=C\Nc1cnccn1)C(=O)c1cccs1. The Bertz CT molecular complexity index is 599. The van der Waals surface area contributed by atoms with Crippen molar-refractivity contribution in [2.45, 2.75) is 0 Å². The lowest BCUT2D eigenvalue weighted by atomic mass is 10.2. The highest BCUT2D eigenvalue weighted by Crippen LogP contribution is 2.14. The van der Waals surface area contributed by atoms with Gasteiger partial charge < -0.3 is 5.32 Å². The summed E-state index contributed by atoms with van der Waals surface area (Å²) in [7, 11) is 0. The summed E-state index contributed by atoms with van der Waals surface area (Å²) >= 11 is 1.30. The third kappa shape index (κ3) is 2.78. The van der Waals surface area contributed by atoms with Gasteiger partial charge in [0, 0.05) is 18.6 Å². The molecule has 0 amide bonds. The molecule has 2 aromatic rings. The first-order valence-electron chi connectivity index (χ1n) is 5.02. The molecule has 0 saturated heterocycles. The molecule has 0 atom stereocenters. The maximum Gasteiger partial charge on any atom is 0.214 e. The van der Waals surface area contributed by atoms with Crippen molar-refractivity contribution in [3.63, 3.8) is 0 Å². The topological polar surface area (TPSA) is 78.7 Å². The molecule has 0 saturated carbocycles. The number of carbonyl (C=O) groups excluding carboxylic acids is 1. The van der Waals surface area contributed by atoms with Crippen molar-refractivity contribution in [1.82, 2.24) is 9.97 Å². The first kappa shape index (κ1) is 12.0. The third-order valence-corrected chi connectivity index (χ3v) is 2.91. The van der Waals surface area contributed by atoms with Crippen LogP contribution in [0.4, 0.5) is 5.82 Å². The first-order chi connectivity index (χ1) is 8.81. The van der Waals surface area contributed by atoms with Crippen molar-refractivity contribution in [3.8, 4) is 6.07 Å². The summed E-state index contributed by atoms with van der Waals surface area (Å²) < 4.78 is 0. The molecule has 5 nitrogen and oxygen atoms in total. The van der Waals surface area contributed by atoms with Crippen molar-refractivity contribution in [3.05, 3.63) is 52.8 Å². The summed E-state index contributed by atoms with van der Waals surface area (Å²) in [5.74, 6) is 0.174. The third-order valence-electron chi connectivity index (χ3n) is 2.04. The maximum absolute atomic E-state index is 11.9. The fourth-order valence-corrected chi connectivity index (χ4v) is 1.89. The summed E-state index contributed by atoms with van der Waals surface area (Å²) in [6.07, 6.45) is 5.90. The van der Waals surface area contributed by atoms with Crippen LogP contribution < -0.4 is 5.32 Å². The van der Waals surface area contributed by atoms with Crippen LogP contribution in [-0.2, 0) is 0 Å². The molecule has 0 spiro atoms. The van der Waals surface area contributed by atoms with Gasteiger partial charge in [0.2, 0.25) is 5.78 Å². The van der Waals surface area contributed by atoms with E-state index >= 15 is 0 Å². The van der Waals surface area contributed by atoms with E-state index in [-0.39, 0.29) is 11.4 Å². The highest BCUT2D eigenvalue weighted by Gasteiger charge is 2.12. The quantitative estimate of drug-likeness (QED) is 0.515. The number of ketones is 1. The highest BCUT2D eigenvalue weighted by atomic mass is 32.1. The van der Waals surface area contributed by atoms with Gasteiger partial charge in [-0.05, 0) is 11.4 Å². The number of nitrogens with one attached hydrogen (secondary N) is 1. The van der Waals surface area contributed by atoms with Crippen molar-refractivity contribution in [2.24, 2.45) is 0 Å². The molecule has 18 heavy (non-hydrogen) atoms. The van der Waals surface area contributed by atoms with Crippen LogP contribution in [0.2, 0.25) is 0 Å². The number of nitriles is 1. The number of anilines is 1. The van der Waals surface area contributed by atoms with Crippen LogP contribution in [0, 0.1) is 11.3 Å². The molecule has 2 aromatic heterocycles. The number of carbonyl (C=O) groups is 1. The van der Waals surface area contributed by atoms with Gasteiger partial charge in [0.1, 0.15) is 17.5 Å². The number of hydrogen-bond donors (Lipinski definition) is 1. The van der Waals surface area contributed by atoms with E-state index in [1.54, 1.807) is 17.5 Å². The number of rotatable bonds is 4. The number of hydrogen-bond acceptors (Lipinski definition) is 6. The van der Waals surface area contributed by atoms with E-state index in [2.05, 4.69) is 15.3 Å². The zero-order chi connectivity index (χ0) is 12.8. The van der Waals surface area contributed by atoms with Gasteiger partial charge in [-0.1, -0.05) is 6.07 Å². The second kappa shape index (κ2) is 5.70. The Kier molecular flexibility index (Phi) is 3.79. The van der Waals surface area contributed by atoms with Crippen LogP contribution in [0.25, 0.3) is 0 Å². The molecule has 88 valence electrons. The van der Waals surface area contributed by atoms with Crippen molar-refractivity contribution in [2.75, 3.05) is 5.32 Å². The maximum atomic E-state index is 11.9. The number of aromatic nitrogens is 2. The molecule has 0 bridgehead atoms. The molecular formula is C12H8N4OS. The second-order valence-electron chi connectivity index (χ2n) is 3.21. The Morgan fingerprint density at radius 1 is 1.50 bits per heavy atom. The molecule has 0 aliphatic carbocycles. The fourth-order valence-electron chi connectivity index (χ4n) is 1.21. The van der Waals surface area contributed by atoms with Crippen LogP contribution in [0.3, 0.4) is 0 Å². The molecule has 0 aliphatic rings. The lowest BCUT2D eigenvalue weighted by Gasteiger charge is -1.99. The molecule has 0 aliphatic heterocycles. The smallest absolute Gasteiger partial charge is 0.214 e. The Balaban J connectivity index is 2.15. The standard InChI is InChI=1S/C12H8N4OS/c13-6-9(12(17)10-2-1-5-18-10)7-16-11-8-14-3-4-15-11/h1-5,7-8H,(H,15,16)/b9-7+. The molecule has 6 heteroatoms. The number of nitrogens with zero attached hydrogens (tertiary/aromatic N) is 3. The van der Waals surface area contributed by atoms with Gasteiger partial charge in [0.15, 0.2) is 0 Å². The summed E-state index contributed by atoms with van der Waals surface area (Å²) in [5, 5.41) is 13.5. The summed E-state index contributed by atoms with van der Waals surface area (Å²) in [6, 6.07) is 5.32. The second-order valence-corrected chi connectivity index (χ2v) is 4.16. The van der Waals surface area contributed by atoms with E-state index in [0.29, 0.717) is 10.7 Å². The van der Waals surface area contributed by atoms with Gasteiger partial charge in [-0.25, -0.2) is 4.98 Å². The monoisotopic (exact) mass is 256 g/mol. The van der Waals surface area contributed by atoms with Gasteiger partial charge in [-0.3, -0.25) is 9.78 Å². The van der Waals surface area contributed by atoms with E-state index in [4.69, 9.17) is 5.26 Å². The van der Waals surface area contributed by atoms with Crippen molar-refractivity contribution in [1.29, 1.82) is 5.26 Å². The molecule has 0 aromatic carbocycles. The normalized spacial score (nSPS) is 10.7. The average Bonchev–Trinajstić information content (AvgIpc) is 2.94. The fraction of sp³-hybridized carbons (Fsp3) is 0. The molecular weight excluding hydrogens is 248 g/mol. The minimum atomic E-state index is -0.302. The summed E-state index contributed by atoms with van der Waals surface area (Å²) in [5.41, 5.74) is 0.0307. The van der Waals surface area contributed by atoms with Gasteiger partial charge >= 0.3 is 0 Å². The van der Waals surface area contributed by atoms with Gasteiger partial charge in [-0.15, -0.1) is 11.3 Å². The van der Waals surface area contributed by atoms with Gasteiger partial charge in [-0.2, -0.15) is 5.26 Å². The van der Waals surface area contributed by atoms with Gasteiger partial charge in [0.05, 0.1) is 11.1 Å². The Morgan fingerprint density at radius 2 is 2.39 bits per heavy atom. The van der Waals surface area contributed by atoms with Crippen molar-refractivity contribution < 1.29 is 4.79 Å². The van der Waals surface area contributed by atoms with E-state index in [9.17, 15) is 4.79 Å². The molecule has 0 fully saturated rings. The van der Waals surface area contributed by atoms with Crippen LogP contribution in [-0.4, -0.2) is 15.8 Å². The average molecular weight is 256 g/mol. The highest BCUT2D eigenvalue weighted by molar-refractivity contribution is 7.12. The van der Waals surface area contributed by atoms with E-state index in [1.807, 2.05) is 6.07 Å². The van der Waals surface area contributed by atoms with Gasteiger partial charge in [0.25, 0.3) is 0 Å². The zero-order valence-corrected chi connectivity index (χ0v) is 10.0. The Labute approximate surface area is 107 Å². The number of allylic oxidation sites excluding steroid dienone is 1. The van der Waals surface area contributed by atoms with Crippen LogP contribution in [0.5, 0.6) is 0 Å². The predicted octanol–water partition coefficient (Wildman–Crippen LogP) is 2.24. The van der Waals surface area contributed by atoms with Crippen molar-refractivity contribution >= 4 is 22.9 Å². The lowest BCUT2D eigenvalue weighted by molar-refractivity contribution is 0.104.